The van der Waals surface area contributed by atoms with Crippen LogP contribution < -0.4 is 5.56 Å². The Bertz CT molecular complexity index is 927. The lowest BCUT2D eigenvalue weighted by Crippen LogP contribution is -2.37. The standard InChI is InChI=1S/C17H19ClN4O2/c18-12-2-3-14-13(10-12)15-16(20-14)17(23)22(11-19-15)5-1-4-21-6-8-24-9-7-21/h2-3,10-11,20H,1,4-9H2. The molecule has 24 heavy (non-hydrogen) atoms. The molecule has 0 bridgehead atoms. The Labute approximate surface area is 144 Å². The fraction of sp³-hybridized carbons (Fsp3) is 0.412. The number of aryl methyl sites for hydroxylation is 1. The summed E-state index contributed by atoms with van der Waals surface area (Å²) in [6.45, 7) is 5.16. The zero-order valence-electron chi connectivity index (χ0n) is 13.3. The minimum Gasteiger partial charge on any atom is -0.379 e. The van der Waals surface area contributed by atoms with Gasteiger partial charge in [-0.25, -0.2) is 4.98 Å². The minimum atomic E-state index is -0.0331. The summed E-state index contributed by atoms with van der Waals surface area (Å²) in [5.41, 5.74) is 2.07. The van der Waals surface area contributed by atoms with Gasteiger partial charge in [0.25, 0.3) is 5.56 Å². The van der Waals surface area contributed by atoms with Gasteiger partial charge in [0.05, 0.1) is 19.5 Å². The molecule has 3 aromatic rings. The summed E-state index contributed by atoms with van der Waals surface area (Å²) >= 11 is 6.05. The summed E-state index contributed by atoms with van der Waals surface area (Å²) in [6, 6.07) is 5.52. The number of hydrogen-bond donors (Lipinski definition) is 1. The molecule has 3 heterocycles. The third-order valence-corrected chi connectivity index (χ3v) is 4.75. The monoisotopic (exact) mass is 346 g/mol. The fourth-order valence-corrected chi connectivity index (χ4v) is 3.38. The summed E-state index contributed by atoms with van der Waals surface area (Å²) < 4.78 is 7.03. The van der Waals surface area contributed by atoms with E-state index in [-0.39, 0.29) is 5.56 Å². The number of nitrogens with one attached hydrogen (secondary N) is 1. The van der Waals surface area contributed by atoms with Crippen LogP contribution in [0.4, 0.5) is 0 Å². The van der Waals surface area contributed by atoms with Gasteiger partial charge in [-0.2, -0.15) is 0 Å². The lowest BCUT2D eigenvalue weighted by molar-refractivity contribution is 0.0369. The first-order valence-electron chi connectivity index (χ1n) is 8.19. The number of halogens is 1. The van der Waals surface area contributed by atoms with Gasteiger partial charge in [-0.1, -0.05) is 11.6 Å². The van der Waals surface area contributed by atoms with E-state index in [9.17, 15) is 4.79 Å². The molecule has 2 aromatic heterocycles. The Kier molecular flexibility index (Phi) is 4.26. The SMILES string of the molecule is O=c1c2[nH]c3ccc(Cl)cc3c2ncn1CCCN1CCOCC1. The molecule has 1 fully saturated rings. The van der Waals surface area contributed by atoms with Crippen molar-refractivity contribution in [2.24, 2.45) is 0 Å². The van der Waals surface area contributed by atoms with E-state index < -0.39 is 0 Å². The number of ether oxygens (including phenoxy) is 1. The van der Waals surface area contributed by atoms with Crippen LogP contribution in [0, 0.1) is 0 Å². The molecule has 7 heteroatoms. The maximum Gasteiger partial charge on any atom is 0.277 e. The number of H-pyrrole nitrogens is 1. The van der Waals surface area contributed by atoms with E-state index in [0.29, 0.717) is 22.6 Å². The Morgan fingerprint density at radius 1 is 1.25 bits per heavy atom. The Hall–Kier alpha value is -1.89. The van der Waals surface area contributed by atoms with Gasteiger partial charge in [0.15, 0.2) is 0 Å². The Balaban J connectivity index is 1.56. The first kappa shape index (κ1) is 15.6. The predicted molar refractivity (Wildman–Crippen MR) is 94.7 cm³/mol. The highest BCUT2D eigenvalue weighted by atomic mass is 35.5. The van der Waals surface area contributed by atoms with Gasteiger partial charge in [0.1, 0.15) is 11.0 Å². The van der Waals surface area contributed by atoms with Crippen molar-refractivity contribution in [1.29, 1.82) is 0 Å². The van der Waals surface area contributed by atoms with Gasteiger partial charge in [-0.3, -0.25) is 14.3 Å². The molecule has 126 valence electrons. The molecule has 1 N–H and O–H groups in total. The molecule has 1 aromatic carbocycles. The number of nitrogens with zero attached hydrogens (tertiary/aromatic N) is 3. The summed E-state index contributed by atoms with van der Waals surface area (Å²) in [7, 11) is 0. The number of morpholine rings is 1. The summed E-state index contributed by atoms with van der Waals surface area (Å²) in [6.07, 6.45) is 2.55. The molecule has 0 spiro atoms. The molecular formula is C17H19ClN4O2. The highest BCUT2D eigenvalue weighted by Crippen LogP contribution is 2.24. The Morgan fingerprint density at radius 2 is 2.08 bits per heavy atom. The number of aromatic amines is 1. The molecule has 0 atom stereocenters. The molecule has 1 aliphatic heterocycles. The van der Waals surface area contributed by atoms with E-state index in [4.69, 9.17) is 16.3 Å². The maximum absolute atomic E-state index is 12.7. The van der Waals surface area contributed by atoms with Crippen LogP contribution in [0.2, 0.25) is 5.02 Å². The van der Waals surface area contributed by atoms with E-state index in [1.54, 1.807) is 17.0 Å². The van der Waals surface area contributed by atoms with E-state index >= 15 is 0 Å². The van der Waals surface area contributed by atoms with Crippen molar-refractivity contribution in [3.63, 3.8) is 0 Å². The number of aromatic nitrogens is 3. The van der Waals surface area contributed by atoms with Crippen molar-refractivity contribution in [2.75, 3.05) is 32.8 Å². The van der Waals surface area contributed by atoms with Crippen LogP contribution >= 0.6 is 11.6 Å². The first-order chi connectivity index (χ1) is 11.7. The van der Waals surface area contributed by atoms with Crippen LogP contribution in [0.1, 0.15) is 6.42 Å². The molecule has 4 rings (SSSR count). The smallest absolute Gasteiger partial charge is 0.277 e. The number of benzene rings is 1. The normalized spacial score (nSPS) is 16.2. The van der Waals surface area contributed by atoms with Crippen LogP contribution in [-0.2, 0) is 11.3 Å². The average Bonchev–Trinajstić information content (AvgIpc) is 2.97. The Morgan fingerprint density at radius 3 is 2.92 bits per heavy atom. The molecule has 1 saturated heterocycles. The molecular weight excluding hydrogens is 328 g/mol. The molecule has 0 unspecified atom stereocenters. The first-order valence-corrected chi connectivity index (χ1v) is 8.56. The number of hydrogen-bond acceptors (Lipinski definition) is 4. The molecule has 0 aliphatic carbocycles. The zero-order chi connectivity index (χ0) is 16.5. The van der Waals surface area contributed by atoms with Gasteiger partial charge in [0, 0.05) is 42.1 Å². The van der Waals surface area contributed by atoms with Crippen molar-refractivity contribution in [3.8, 4) is 0 Å². The van der Waals surface area contributed by atoms with Gasteiger partial charge < -0.3 is 9.72 Å². The highest BCUT2D eigenvalue weighted by molar-refractivity contribution is 6.31. The molecule has 0 amide bonds. The topological polar surface area (TPSA) is 63.2 Å². The van der Waals surface area contributed by atoms with E-state index in [1.807, 2.05) is 12.1 Å². The second kappa shape index (κ2) is 6.55. The molecule has 0 radical (unpaired) electrons. The third-order valence-electron chi connectivity index (χ3n) is 4.51. The largest absolute Gasteiger partial charge is 0.379 e. The van der Waals surface area contributed by atoms with Crippen LogP contribution in [0.5, 0.6) is 0 Å². The maximum atomic E-state index is 12.7. The quantitative estimate of drug-likeness (QED) is 0.787. The number of fused-ring (bicyclic) bond motifs is 3. The fourth-order valence-electron chi connectivity index (χ4n) is 3.21. The predicted octanol–water partition coefficient (Wildman–Crippen LogP) is 2.25. The molecule has 6 nitrogen and oxygen atoms in total. The van der Waals surface area contributed by atoms with Crippen LogP contribution in [0.15, 0.2) is 29.3 Å². The highest BCUT2D eigenvalue weighted by Gasteiger charge is 2.12. The van der Waals surface area contributed by atoms with E-state index in [0.717, 1.165) is 50.2 Å². The van der Waals surface area contributed by atoms with Crippen molar-refractivity contribution in [1.82, 2.24) is 19.4 Å². The molecule has 0 saturated carbocycles. The van der Waals surface area contributed by atoms with Crippen molar-refractivity contribution in [3.05, 3.63) is 39.9 Å². The lowest BCUT2D eigenvalue weighted by atomic mass is 10.2. The third kappa shape index (κ3) is 2.92. The second-order valence-corrected chi connectivity index (χ2v) is 6.53. The van der Waals surface area contributed by atoms with Crippen molar-refractivity contribution in [2.45, 2.75) is 13.0 Å². The molecule has 1 aliphatic rings. The van der Waals surface area contributed by atoms with Crippen LogP contribution in [-0.4, -0.2) is 52.3 Å². The van der Waals surface area contributed by atoms with Crippen molar-refractivity contribution >= 4 is 33.5 Å². The average molecular weight is 347 g/mol. The second-order valence-electron chi connectivity index (χ2n) is 6.09. The van der Waals surface area contributed by atoms with Gasteiger partial charge in [-0.15, -0.1) is 0 Å². The van der Waals surface area contributed by atoms with Gasteiger partial charge in [0.2, 0.25) is 0 Å². The van der Waals surface area contributed by atoms with Gasteiger partial charge >= 0.3 is 0 Å². The van der Waals surface area contributed by atoms with E-state index in [1.165, 1.54) is 0 Å². The summed E-state index contributed by atoms with van der Waals surface area (Å²) in [5, 5.41) is 1.52. The minimum absolute atomic E-state index is 0.0331. The number of rotatable bonds is 4. The zero-order valence-corrected chi connectivity index (χ0v) is 14.1. The van der Waals surface area contributed by atoms with Crippen LogP contribution in [0.3, 0.4) is 0 Å². The summed E-state index contributed by atoms with van der Waals surface area (Å²) in [4.78, 5) is 22.7. The summed E-state index contributed by atoms with van der Waals surface area (Å²) in [5.74, 6) is 0. The lowest BCUT2D eigenvalue weighted by Gasteiger charge is -2.26. The van der Waals surface area contributed by atoms with Crippen LogP contribution in [0.25, 0.3) is 21.9 Å². The van der Waals surface area contributed by atoms with E-state index in [2.05, 4.69) is 14.9 Å². The van der Waals surface area contributed by atoms with Crippen molar-refractivity contribution < 1.29 is 4.74 Å². The van der Waals surface area contributed by atoms with Gasteiger partial charge in [-0.05, 0) is 24.6 Å².